The summed E-state index contributed by atoms with van der Waals surface area (Å²) in [6.45, 7) is -0.347. The molecule has 1 atom stereocenters. The Hall–Kier alpha value is -0.990. The second-order valence-electron chi connectivity index (χ2n) is 4.29. The van der Waals surface area contributed by atoms with Crippen LogP contribution in [0.25, 0.3) is 0 Å². The average molecular weight is 368 g/mol. The molecule has 2 nitrogen and oxygen atoms in total. The molecule has 0 bridgehead atoms. The molecule has 0 radical (unpaired) electrons. The van der Waals surface area contributed by atoms with Crippen molar-refractivity contribution < 1.29 is 22.3 Å². The van der Waals surface area contributed by atoms with E-state index in [0.29, 0.717) is 6.07 Å². The molecule has 1 unspecified atom stereocenters. The third kappa shape index (κ3) is 1.97. The second-order valence-corrected chi connectivity index (χ2v) is 5.96. The molecule has 0 spiro atoms. The van der Waals surface area contributed by atoms with Gasteiger partial charge in [-0.2, -0.15) is 8.78 Å². The van der Waals surface area contributed by atoms with Crippen molar-refractivity contribution in [3.63, 3.8) is 0 Å². The summed E-state index contributed by atoms with van der Waals surface area (Å²) < 4.78 is 60.8. The van der Waals surface area contributed by atoms with Crippen LogP contribution in [0.4, 0.5) is 17.6 Å². The van der Waals surface area contributed by atoms with Gasteiger partial charge in [-0.1, -0.05) is 0 Å². The minimum absolute atomic E-state index is 0.271. The Morgan fingerprint density at radius 3 is 2.55 bits per heavy atom. The van der Waals surface area contributed by atoms with Crippen molar-refractivity contribution in [1.82, 2.24) is 4.98 Å². The zero-order valence-electron chi connectivity index (χ0n) is 9.67. The number of benzene rings is 1. The summed E-state index contributed by atoms with van der Waals surface area (Å²) in [5.74, 6) is -5.39. The summed E-state index contributed by atoms with van der Waals surface area (Å²) in [4.78, 5) is 3.67. The number of thiazole rings is 1. The summed E-state index contributed by atoms with van der Waals surface area (Å²) in [7, 11) is 0. The Morgan fingerprint density at radius 2 is 2.05 bits per heavy atom. The Bertz CT molecular complexity index is 671. The highest BCUT2D eigenvalue weighted by Gasteiger charge is 2.68. The lowest BCUT2D eigenvalue weighted by atomic mass is 9.92. The number of epoxide rings is 1. The lowest BCUT2D eigenvalue weighted by Crippen LogP contribution is -2.33. The Labute approximate surface area is 123 Å². The molecule has 2 aromatic rings. The molecule has 3 rings (SSSR count). The fourth-order valence-electron chi connectivity index (χ4n) is 1.97. The van der Waals surface area contributed by atoms with Crippen LogP contribution in [0.15, 0.2) is 28.2 Å². The van der Waals surface area contributed by atoms with E-state index >= 15 is 0 Å². The molecule has 0 saturated carbocycles. The third-order valence-electron chi connectivity index (χ3n) is 3.05. The molecule has 106 valence electrons. The minimum Gasteiger partial charge on any atom is -0.357 e. The van der Waals surface area contributed by atoms with E-state index in [9.17, 15) is 17.6 Å². The van der Waals surface area contributed by atoms with Gasteiger partial charge in [0.1, 0.15) is 16.2 Å². The Balaban J connectivity index is 2.08. The first-order valence-corrected chi connectivity index (χ1v) is 7.13. The molecule has 0 amide bonds. The molecule has 1 aromatic carbocycles. The maximum Gasteiger partial charge on any atom is 0.333 e. The first-order valence-electron chi connectivity index (χ1n) is 5.46. The van der Waals surface area contributed by atoms with Crippen molar-refractivity contribution in [2.45, 2.75) is 11.5 Å². The van der Waals surface area contributed by atoms with Gasteiger partial charge in [-0.05, 0) is 28.1 Å². The van der Waals surface area contributed by atoms with E-state index in [0.717, 1.165) is 23.5 Å². The van der Waals surface area contributed by atoms with Crippen LogP contribution in [-0.2, 0) is 16.3 Å². The molecule has 2 heterocycles. The SMILES string of the molecule is Fc1ccc(C2(C(F)(F)c3nc(Br)cs3)CO2)c(F)c1. The van der Waals surface area contributed by atoms with E-state index in [-0.39, 0.29) is 16.8 Å². The zero-order valence-corrected chi connectivity index (χ0v) is 12.1. The Morgan fingerprint density at radius 1 is 1.35 bits per heavy atom. The first-order chi connectivity index (χ1) is 9.37. The molecular formula is C12H6BrF4NOS. The summed E-state index contributed by atoms with van der Waals surface area (Å²) in [5.41, 5.74) is -2.47. The maximum absolute atomic E-state index is 14.5. The van der Waals surface area contributed by atoms with Gasteiger partial charge in [0.25, 0.3) is 0 Å². The highest BCUT2D eigenvalue weighted by molar-refractivity contribution is 9.10. The number of alkyl halides is 2. The van der Waals surface area contributed by atoms with Crippen LogP contribution >= 0.6 is 27.3 Å². The molecule has 1 aliphatic rings. The smallest absolute Gasteiger partial charge is 0.333 e. The van der Waals surface area contributed by atoms with Crippen LogP contribution in [0.5, 0.6) is 0 Å². The number of ether oxygens (including phenoxy) is 1. The van der Waals surface area contributed by atoms with Crippen LogP contribution in [0, 0.1) is 11.6 Å². The third-order valence-corrected chi connectivity index (χ3v) is 4.67. The lowest BCUT2D eigenvalue weighted by Gasteiger charge is -2.22. The maximum atomic E-state index is 14.5. The predicted octanol–water partition coefficient (Wildman–Crippen LogP) is 4.20. The van der Waals surface area contributed by atoms with E-state index in [4.69, 9.17) is 4.74 Å². The van der Waals surface area contributed by atoms with Crippen LogP contribution in [0.3, 0.4) is 0 Å². The first kappa shape index (κ1) is 14.0. The van der Waals surface area contributed by atoms with Gasteiger partial charge in [0.2, 0.25) is 0 Å². The summed E-state index contributed by atoms with van der Waals surface area (Å²) >= 11 is 3.74. The van der Waals surface area contributed by atoms with Gasteiger partial charge in [-0.15, -0.1) is 11.3 Å². The van der Waals surface area contributed by atoms with E-state index in [1.807, 2.05) is 0 Å². The number of halogens is 5. The summed E-state index contributed by atoms with van der Waals surface area (Å²) in [5, 5.41) is 0.922. The minimum atomic E-state index is -3.50. The molecular weight excluding hydrogens is 362 g/mol. The van der Waals surface area contributed by atoms with Gasteiger partial charge in [0.15, 0.2) is 10.6 Å². The topological polar surface area (TPSA) is 25.4 Å². The zero-order chi connectivity index (χ0) is 14.5. The largest absolute Gasteiger partial charge is 0.357 e. The predicted molar refractivity (Wildman–Crippen MR) is 67.7 cm³/mol. The average Bonchev–Trinajstić information content (AvgIpc) is 3.06. The monoisotopic (exact) mass is 367 g/mol. The fraction of sp³-hybridized carbons (Fsp3) is 0.250. The van der Waals surface area contributed by atoms with Crippen LogP contribution in [0.2, 0.25) is 0 Å². The van der Waals surface area contributed by atoms with Crippen molar-refractivity contribution in [3.05, 3.63) is 50.4 Å². The van der Waals surface area contributed by atoms with Crippen LogP contribution < -0.4 is 0 Å². The highest BCUT2D eigenvalue weighted by Crippen LogP contribution is 2.57. The fourth-order valence-corrected chi connectivity index (χ4v) is 3.27. The van der Waals surface area contributed by atoms with E-state index in [1.165, 1.54) is 5.38 Å². The summed E-state index contributed by atoms with van der Waals surface area (Å²) in [6.07, 6.45) is 0. The van der Waals surface area contributed by atoms with E-state index in [1.54, 1.807) is 0 Å². The van der Waals surface area contributed by atoms with Gasteiger partial charge in [-0.3, -0.25) is 0 Å². The van der Waals surface area contributed by atoms with Gasteiger partial charge in [0.05, 0.1) is 6.61 Å². The lowest BCUT2D eigenvalue weighted by molar-refractivity contribution is -0.0868. The van der Waals surface area contributed by atoms with Crippen molar-refractivity contribution in [3.8, 4) is 0 Å². The van der Waals surface area contributed by atoms with Crippen molar-refractivity contribution >= 4 is 27.3 Å². The molecule has 8 heteroatoms. The van der Waals surface area contributed by atoms with E-state index in [2.05, 4.69) is 20.9 Å². The van der Waals surface area contributed by atoms with Gasteiger partial charge in [0, 0.05) is 17.0 Å². The number of hydrogen-bond acceptors (Lipinski definition) is 3. The van der Waals surface area contributed by atoms with Crippen molar-refractivity contribution in [1.29, 1.82) is 0 Å². The van der Waals surface area contributed by atoms with Gasteiger partial charge in [-0.25, -0.2) is 13.8 Å². The molecule has 1 saturated heterocycles. The molecule has 20 heavy (non-hydrogen) atoms. The number of nitrogens with zero attached hydrogens (tertiary/aromatic N) is 1. The molecule has 0 aliphatic carbocycles. The normalized spacial score (nSPS) is 22.1. The standard InChI is InChI=1S/C12H6BrF4NOS/c13-9-4-20-10(18-9)12(16,17)11(5-19-11)7-2-1-6(14)3-8(7)15/h1-4H,5H2. The molecule has 1 aromatic heterocycles. The molecule has 1 aliphatic heterocycles. The second kappa shape index (κ2) is 4.51. The van der Waals surface area contributed by atoms with Crippen LogP contribution in [0.1, 0.15) is 10.6 Å². The molecule has 0 N–H and O–H groups in total. The highest BCUT2D eigenvalue weighted by atomic mass is 79.9. The van der Waals surface area contributed by atoms with Gasteiger partial charge >= 0.3 is 5.92 Å². The molecule has 1 fully saturated rings. The number of rotatable bonds is 3. The Kier molecular flexibility index (Phi) is 3.15. The number of aromatic nitrogens is 1. The van der Waals surface area contributed by atoms with Gasteiger partial charge < -0.3 is 4.74 Å². The van der Waals surface area contributed by atoms with E-state index < -0.39 is 28.2 Å². The summed E-state index contributed by atoms with van der Waals surface area (Å²) in [6, 6.07) is 2.47. The van der Waals surface area contributed by atoms with Crippen molar-refractivity contribution in [2.24, 2.45) is 0 Å². The van der Waals surface area contributed by atoms with Crippen LogP contribution in [-0.4, -0.2) is 11.6 Å². The quantitative estimate of drug-likeness (QED) is 0.600. The van der Waals surface area contributed by atoms with Crippen molar-refractivity contribution in [2.75, 3.05) is 6.61 Å². The number of hydrogen-bond donors (Lipinski definition) is 0.